The first kappa shape index (κ1) is 20.4. The Balaban J connectivity index is 0.00000117. The monoisotopic (exact) mass is 394 g/mol. The Hall–Kier alpha value is -3.35. The lowest BCUT2D eigenvalue weighted by Crippen LogP contribution is -2.33. The van der Waals surface area contributed by atoms with Crippen LogP contribution in [0.25, 0.3) is 11.3 Å². The molecule has 152 valence electrons. The van der Waals surface area contributed by atoms with Gasteiger partial charge in [-0.05, 0) is 41.8 Å². The molecule has 0 fully saturated rings. The molecule has 1 aliphatic heterocycles. The molecule has 0 radical (unpaired) electrons. The Morgan fingerprint density at radius 2 is 1.66 bits per heavy atom. The van der Waals surface area contributed by atoms with Gasteiger partial charge in [-0.2, -0.15) is 0 Å². The second-order valence-corrected chi connectivity index (χ2v) is 6.34. The first-order valence-electron chi connectivity index (χ1n) is 9.68. The summed E-state index contributed by atoms with van der Waals surface area (Å²) in [6, 6.07) is 9.20. The molecule has 0 aliphatic carbocycles. The van der Waals surface area contributed by atoms with Crippen LogP contribution in [-0.2, 0) is 13.0 Å². The molecule has 0 saturated carbocycles. The van der Waals surface area contributed by atoms with E-state index in [1.54, 1.807) is 26.6 Å². The van der Waals surface area contributed by atoms with Crippen molar-refractivity contribution in [2.75, 3.05) is 25.7 Å². The number of pyridine rings is 1. The number of ether oxygens (including phenoxy) is 2. The second-order valence-electron chi connectivity index (χ2n) is 6.34. The lowest BCUT2D eigenvalue weighted by Gasteiger charge is -2.30. The summed E-state index contributed by atoms with van der Waals surface area (Å²) in [5.74, 6) is 2.00. The molecule has 1 aromatic carbocycles. The van der Waals surface area contributed by atoms with Crippen LogP contribution in [-0.4, -0.2) is 35.7 Å². The molecule has 2 aromatic heterocycles. The van der Waals surface area contributed by atoms with Crippen LogP contribution in [0.1, 0.15) is 25.0 Å². The van der Waals surface area contributed by atoms with E-state index in [0.717, 1.165) is 29.8 Å². The van der Waals surface area contributed by atoms with Crippen LogP contribution in [0, 0.1) is 0 Å². The number of aromatic nitrogens is 3. The molecule has 0 unspecified atom stereocenters. The summed E-state index contributed by atoms with van der Waals surface area (Å²) in [6.45, 7) is 5.39. The number of rotatable bonds is 4. The standard InChI is InChI=1S/C20H20N4O3.C2H6/c1-26-17-9-14-5-8-24(12-15(14)10-18(17)27-2)20-22-16(11-19(25)23-20)13-3-6-21-7-4-13;1-2/h3-4,6-7,9-11H,5,8,12H2,1-2H3,(H,22,23,25);1-2H3. The van der Waals surface area contributed by atoms with Crippen molar-refractivity contribution >= 4 is 5.95 Å². The number of hydrogen-bond acceptors (Lipinski definition) is 6. The zero-order valence-electron chi connectivity index (χ0n) is 17.2. The number of aromatic amines is 1. The highest BCUT2D eigenvalue weighted by Crippen LogP contribution is 2.34. The van der Waals surface area contributed by atoms with E-state index < -0.39 is 0 Å². The van der Waals surface area contributed by atoms with Gasteiger partial charge >= 0.3 is 0 Å². The Labute approximate surface area is 170 Å². The number of methoxy groups -OCH3 is 2. The Morgan fingerprint density at radius 1 is 1.00 bits per heavy atom. The normalized spacial score (nSPS) is 12.5. The van der Waals surface area contributed by atoms with Gasteiger partial charge in [0, 0.05) is 37.1 Å². The maximum Gasteiger partial charge on any atom is 0.252 e. The number of fused-ring (bicyclic) bond motifs is 1. The van der Waals surface area contributed by atoms with Gasteiger partial charge in [0.25, 0.3) is 5.56 Å². The summed E-state index contributed by atoms with van der Waals surface area (Å²) in [6.07, 6.45) is 4.21. The zero-order chi connectivity index (χ0) is 20.8. The molecule has 0 amide bonds. The van der Waals surface area contributed by atoms with Gasteiger partial charge in [0.05, 0.1) is 19.9 Å². The van der Waals surface area contributed by atoms with Crippen molar-refractivity contribution in [3.63, 3.8) is 0 Å². The fourth-order valence-corrected chi connectivity index (χ4v) is 3.33. The van der Waals surface area contributed by atoms with Crippen LogP contribution in [0.4, 0.5) is 5.95 Å². The molecule has 1 N–H and O–H groups in total. The van der Waals surface area contributed by atoms with Crippen molar-refractivity contribution in [1.82, 2.24) is 15.0 Å². The predicted molar refractivity (Wildman–Crippen MR) is 114 cm³/mol. The Kier molecular flexibility index (Phi) is 6.49. The van der Waals surface area contributed by atoms with Gasteiger partial charge in [0.1, 0.15) is 0 Å². The topological polar surface area (TPSA) is 80.3 Å². The maximum absolute atomic E-state index is 12.2. The van der Waals surface area contributed by atoms with E-state index in [2.05, 4.69) is 19.9 Å². The van der Waals surface area contributed by atoms with E-state index in [1.807, 2.05) is 38.1 Å². The molecule has 0 atom stereocenters. The maximum atomic E-state index is 12.2. The lowest BCUT2D eigenvalue weighted by atomic mass is 9.99. The molecule has 3 aromatic rings. The van der Waals surface area contributed by atoms with Crippen LogP contribution in [0.3, 0.4) is 0 Å². The highest BCUT2D eigenvalue weighted by molar-refractivity contribution is 5.59. The first-order valence-corrected chi connectivity index (χ1v) is 9.68. The van der Waals surface area contributed by atoms with E-state index in [0.29, 0.717) is 23.9 Å². The molecule has 7 nitrogen and oxygen atoms in total. The number of nitrogens with one attached hydrogen (secondary N) is 1. The minimum Gasteiger partial charge on any atom is -0.493 e. The van der Waals surface area contributed by atoms with E-state index in [1.165, 1.54) is 11.6 Å². The van der Waals surface area contributed by atoms with Gasteiger partial charge in [-0.25, -0.2) is 4.98 Å². The van der Waals surface area contributed by atoms with Gasteiger partial charge in [-0.1, -0.05) is 13.8 Å². The van der Waals surface area contributed by atoms with Crippen molar-refractivity contribution < 1.29 is 9.47 Å². The third kappa shape index (κ3) is 4.39. The third-order valence-corrected chi connectivity index (χ3v) is 4.72. The van der Waals surface area contributed by atoms with E-state index >= 15 is 0 Å². The molecule has 1 aliphatic rings. The van der Waals surface area contributed by atoms with Gasteiger partial charge in [-0.15, -0.1) is 0 Å². The average Bonchev–Trinajstić information content (AvgIpc) is 2.79. The highest BCUT2D eigenvalue weighted by Gasteiger charge is 2.21. The number of H-pyrrole nitrogens is 1. The zero-order valence-corrected chi connectivity index (χ0v) is 17.2. The summed E-state index contributed by atoms with van der Waals surface area (Å²) < 4.78 is 10.8. The molecule has 0 spiro atoms. The summed E-state index contributed by atoms with van der Waals surface area (Å²) in [5.41, 5.74) is 3.67. The molecule has 3 heterocycles. The SMILES string of the molecule is CC.COc1cc2c(cc1OC)CN(c1nc(-c3ccncc3)cc(=O)[nH]1)CC2. The number of hydrogen-bond donors (Lipinski definition) is 1. The predicted octanol–water partition coefficient (Wildman–Crippen LogP) is 3.44. The highest BCUT2D eigenvalue weighted by atomic mass is 16.5. The fraction of sp³-hybridized carbons (Fsp3) is 0.318. The molecule has 7 heteroatoms. The summed E-state index contributed by atoms with van der Waals surface area (Å²) in [4.78, 5) is 25.8. The molecule has 0 saturated heterocycles. The van der Waals surface area contributed by atoms with Crippen LogP contribution in [0.2, 0.25) is 0 Å². The quantitative estimate of drug-likeness (QED) is 0.730. The molecule has 4 rings (SSSR count). The van der Waals surface area contributed by atoms with Gasteiger partial charge in [0.15, 0.2) is 11.5 Å². The minimum atomic E-state index is -0.176. The number of nitrogens with zero attached hydrogens (tertiary/aromatic N) is 3. The van der Waals surface area contributed by atoms with Crippen LogP contribution in [0.5, 0.6) is 11.5 Å². The van der Waals surface area contributed by atoms with Crippen molar-refractivity contribution in [3.8, 4) is 22.8 Å². The fourth-order valence-electron chi connectivity index (χ4n) is 3.33. The van der Waals surface area contributed by atoms with Crippen LogP contribution >= 0.6 is 0 Å². The smallest absolute Gasteiger partial charge is 0.252 e. The number of benzene rings is 1. The van der Waals surface area contributed by atoms with Crippen molar-refractivity contribution in [1.29, 1.82) is 0 Å². The molecular weight excluding hydrogens is 368 g/mol. The largest absolute Gasteiger partial charge is 0.493 e. The Morgan fingerprint density at radius 3 is 2.31 bits per heavy atom. The minimum absolute atomic E-state index is 0.176. The summed E-state index contributed by atoms with van der Waals surface area (Å²) in [5, 5.41) is 0. The van der Waals surface area contributed by atoms with Crippen molar-refractivity contribution in [3.05, 3.63) is 64.2 Å². The Bertz CT molecular complexity index is 1020. The van der Waals surface area contributed by atoms with Gasteiger partial charge in [-0.3, -0.25) is 14.8 Å². The molecule has 29 heavy (non-hydrogen) atoms. The van der Waals surface area contributed by atoms with Crippen molar-refractivity contribution in [2.45, 2.75) is 26.8 Å². The first-order chi connectivity index (χ1) is 14.2. The van der Waals surface area contributed by atoms with Crippen molar-refractivity contribution in [2.24, 2.45) is 0 Å². The summed E-state index contributed by atoms with van der Waals surface area (Å²) >= 11 is 0. The van der Waals surface area contributed by atoms with Gasteiger partial charge < -0.3 is 14.4 Å². The van der Waals surface area contributed by atoms with E-state index in [-0.39, 0.29) is 5.56 Å². The molecular formula is C22H26N4O3. The van der Waals surface area contributed by atoms with Crippen LogP contribution < -0.4 is 19.9 Å². The summed E-state index contributed by atoms with van der Waals surface area (Å²) in [7, 11) is 3.26. The van der Waals surface area contributed by atoms with E-state index in [4.69, 9.17) is 9.47 Å². The second kappa shape index (κ2) is 9.23. The average molecular weight is 394 g/mol. The number of anilines is 1. The van der Waals surface area contributed by atoms with E-state index in [9.17, 15) is 4.79 Å². The van der Waals surface area contributed by atoms with Gasteiger partial charge in [0.2, 0.25) is 5.95 Å². The lowest BCUT2D eigenvalue weighted by molar-refractivity contribution is 0.353. The molecule has 0 bridgehead atoms. The van der Waals surface area contributed by atoms with Crippen LogP contribution in [0.15, 0.2) is 47.5 Å². The third-order valence-electron chi connectivity index (χ3n) is 4.72.